The fraction of sp³-hybridized carbons (Fsp3) is 0.455. The summed E-state index contributed by atoms with van der Waals surface area (Å²) in [6.07, 6.45) is 3.85. The van der Waals surface area contributed by atoms with Crippen molar-refractivity contribution in [2.75, 3.05) is 32.6 Å². The Morgan fingerprint density at radius 3 is 2.52 bits per heavy atom. The van der Waals surface area contributed by atoms with Gasteiger partial charge in [0.15, 0.2) is 11.5 Å². The second-order valence-corrected chi connectivity index (χ2v) is 8.69. The molecule has 0 spiro atoms. The van der Waals surface area contributed by atoms with E-state index in [1.54, 1.807) is 25.6 Å². The van der Waals surface area contributed by atoms with Crippen LogP contribution in [0.3, 0.4) is 0 Å². The molecule has 1 N–H and O–H groups in total. The van der Waals surface area contributed by atoms with Crippen molar-refractivity contribution in [3.63, 3.8) is 0 Å². The second-order valence-electron chi connectivity index (χ2n) is 7.48. The van der Waals surface area contributed by atoms with E-state index < -0.39 is 0 Å². The van der Waals surface area contributed by atoms with E-state index in [4.69, 9.17) is 19.4 Å². The summed E-state index contributed by atoms with van der Waals surface area (Å²) in [5, 5.41) is 4.61. The smallest absolute Gasteiger partial charge is 0.162 e. The van der Waals surface area contributed by atoms with Crippen molar-refractivity contribution in [2.45, 2.75) is 39.7 Å². The van der Waals surface area contributed by atoms with Crippen molar-refractivity contribution in [1.29, 1.82) is 0 Å². The van der Waals surface area contributed by atoms with Crippen molar-refractivity contribution in [3.05, 3.63) is 34.5 Å². The number of aromatic nitrogens is 2. The Morgan fingerprint density at radius 2 is 1.79 bits per heavy atom. The Hall–Kier alpha value is -2.38. The number of thiophene rings is 1. The van der Waals surface area contributed by atoms with Crippen LogP contribution in [0.5, 0.6) is 11.5 Å². The fourth-order valence-electron chi connectivity index (χ4n) is 3.82. The number of ether oxygens (including phenoxy) is 2. The molecule has 0 aliphatic carbocycles. The summed E-state index contributed by atoms with van der Waals surface area (Å²) >= 11 is 1.74. The minimum atomic E-state index is 0.689. The van der Waals surface area contributed by atoms with E-state index in [0.29, 0.717) is 11.5 Å². The maximum Gasteiger partial charge on any atom is 0.162 e. The molecule has 0 bridgehead atoms. The molecule has 6 nitrogen and oxygen atoms in total. The number of aryl methyl sites for hydroxylation is 2. The van der Waals surface area contributed by atoms with Crippen LogP contribution >= 0.6 is 11.3 Å². The Kier molecular flexibility index (Phi) is 5.87. The number of nitrogens with zero attached hydrogens (tertiary/aromatic N) is 3. The lowest BCUT2D eigenvalue weighted by atomic mass is 10.1. The van der Waals surface area contributed by atoms with E-state index in [0.717, 1.165) is 47.2 Å². The number of likely N-dealkylation sites (tertiary alicyclic amines) is 1. The van der Waals surface area contributed by atoms with Gasteiger partial charge in [-0.05, 0) is 57.5 Å². The summed E-state index contributed by atoms with van der Waals surface area (Å²) in [4.78, 5) is 14.6. The third kappa shape index (κ3) is 4.16. The molecule has 3 heterocycles. The molecular weight excluding hydrogens is 384 g/mol. The average molecular weight is 413 g/mol. The zero-order valence-corrected chi connectivity index (χ0v) is 18.4. The van der Waals surface area contributed by atoms with Gasteiger partial charge in [0.1, 0.15) is 16.5 Å². The number of fused-ring (bicyclic) bond motifs is 1. The molecule has 0 amide bonds. The van der Waals surface area contributed by atoms with E-state index in [1.165, 1.54) is 29.7 Å². The van der Waals surface area contributed by atoms with Gasteiger partial charge < -0.3 is 14.8 Å². The van der Waals surface area contributed by atoms with E-state index in [2.05, 4.69) is 24.1 Å². The van der Waals surface area contributed by atoms with E-state index in [-0.39, 0.29) is 0 Å². The van der Waals surface area contributed by atoms with Crippen LogP contribution in [0, 0.1) is 13.8 Å². The van der Waals surface area contributed by atoms with Gasteiger partial charge in [-0.15, -0.1) is 11.3 Å². The maximum absolute atomic E-state index is 5.45. The van der Waals surface area contributed by atoms with Crippen molar-refractivity contribution in [2.24, 2.45) is 0 Å². The van der Waals surface area contributed by atoms with Crippen LogP contribution in [-0.2, 0) is 6.54 Å². The van der Waals surface area contributed by atoms with Gasteiger partial charge in [0.25, 0.3) is 0 Å². The number of rotatable bonds is 6. The first kappa shape index (κ1) is 19.9. The molecule has 1 aromatic carbocycles. The largest absolute Gasteiger partial charge is 0.493 e. The van der Waals surface area contributed by atoms with Gasteiger partial charge in [-0.25, -0.2) is 9.97 Å². The molecule has 7 heteroatoms. The molecule has 1 saturated heterocycles. The minimum absolute atomic E-state index is 0.689. The van der Waals surface area contributed by atoms with Gasteiger partial charge in [0, 0.05) is 16.6 Å². The molecular formula is C22H28N4O2S. The molecule has 4 rings (SSSR count). The number of anilines is 2. The average Bonchev–Trinajstić information content (AvgIpc) is 3.02. The number of hydrogen-bond acceptors (Lipinski definition) is 7. The second kappa shape index (κ2) is 8.55. The normalized spacial score (nSPS) is 14.9. The molecule has 154 valence electrons. The summed E-state index contributed by atoms with van der Waals surface area (Å²) in [7, 11) is 3.29. The highest BCUT2D eigenvalue weighted by Crippen LogP contribution is 2.36. The number of hydrogen-bond donors (Lipinski definition) is 1. The lowest BCUT2D eigenvalue weighted by Gasteiger charge is -2.25. The summed E-state index contributed by atoms with van der Waals surface area (Å²) in [5.41, 5.74) is 2.15. The monoisotopic (exact) mass is 412 g/mol. The molecule has 0 saturated carbocycles. The predicted octanol–water partition coefficient (Wildman–Crippen LogP) is 5.05. The minimum Gasteiger partial charge on any atom is -0.493 e. The fourth-order valence-corrected chi connectivity index (χ4v) is 4.87. The Balaban J connectivity index is 1.71. The van der Waals surface area contributed by atoms with Crippen LogP contribution in [0.25, 0.3) is 10.2 Å². The van der Waals surface area contributed by atoms with Crippen LogP contribution in [0.4, 0.5) is 11.5 Å². The van der Waals surface area contributed by atoms with Gasteiger partial charge in [0.05, 0.1) is 26.2 Å². The topological polar surface area (TPSA) is 59.5 Å². The van der Waals surface area contributed by atoms with Crippen LogP contribution < -0.4 is 14.8 Å². The van der Waals surface area contributed by atoms with Gasteiger partial charge in [-0.2, -0.15) is 0 Å². The Bertz CT molecular complexity index is 1010. The van der Waals surface area contributed by atoms with Crippen LogP contribution in [0.1, 0.15) is 35.5 Å². The highest BCUT2D eigenvalue weighted by atomic mass is 32.1. The molecule has 3 aromatic rings. The lowest BCUT2D eigenvalue weighted by Crippen LogP contribution is -2.29. The van der Waals surface area contributed by atoms with Crippen molar-refractivity contribution in [1.82, 2.24) is 14.9 Å². The first-order valence-corrected chi connectivity index (χ1v) is 10.9. The predicted molar refractivity (Wildman–Crippen MR) is 119 cm³/mol. The molecule has 1 aliphatic rings. The Morgan fingerprint density at radius 1 is 1.03 bits per heavy atom. The summed E-state index contributed by atoms with van der Waals surface area (Å²) in [6, 6.07) is 5.82. The van der Waals surface area contributed by atoms with E-state index in [1.807, 2.05) is 18.2 Å². The summed E-state index contributed by atoms with van der Waals surface area (Å²) in [5.74, 6) is 3.13. The van der Waals surface area contributed by atoms with Crippen molar-refractivity contribution >= 4 is 33.1 Å². The number of nitrogens with one attached hydrogen (secondary N) is 1. The molecule has 0 unspecified atom stereocenters. The van der Waals surface area contributed by atoms with Gasteiger partial charge in [-0.1, -0.05) is 6.42 Å². The Labute approximate surface area is 175 Å². The van der Waals surface area contributed by atoms with Crippen LogP contribution in [0.15, 0.2) is 18.2 Å². The van der Waals surface area contributed by atoms with E-state index in [9.17, 15) is 0 Å². The highest BCUT2D eigenvalue weighted by molar-refractivity contribution is 7.18. The molecule has 29 heavy (non-hydrogen) atoms. The first-order chi connectivity index (χ1) is 14.1. The highest BCUT2D eigenvalue weighted by Gasteiger charge is 2.18. The molecule has 2 aromatic heterocycles. The molecule has 1 fully saturated rings. The number of piperidine rings is 1. The zero-order chi connectivity index (χ0) is 20.4. The SMILES string of the molecule is COc1ccc(Nc2nc(CN3CCCCC3)nc3sc(C)c(C)c23)cc1OC. The third-order valence-electron chi connectivity index (χ3n) is 5.53. The lowest BCUT2D eigenvalue weighted by molar-refractivity contribution is 0.216. The van der Waals surface area contributed by atoms with Crippen molar-refractivity contribution < 1.29 is 9.47 Å². The number of benzene rings is 1. The maximum atomic E-state index is 5.45. The molecule has 0 atom stereocenters. The number of methoxy groups -OCH3 is 2. The molecule has 1 aliphatic heterocycles. The van der Waals surface area contributed by atoms with E-state index >= 15 is 0 Å². The first-order valence-electron chi connectivity index (χ1n) is 10.1. The van der Waals surface area contributed by atoms with Gasteiger partial charge in [-0.3, -0.25) is 4.90 Å². The van der Waals surface area contributed by atoms with Gasteiger partial charge >= 0.3 is 0 Å². The van der Waals surface area contributed by atoms with Gasteiger partial charge in [0.2, 0.25) is 0 Å². The van der Waals surface area contributed by atoms with Crippen LogP contribution in [-0.4, -0.2) is 42.2 Å². The van der Waals surface area contributed by atoms with Crippen LogP contribution in [0.2, 0.25) is 0 Å². The summed E-state index contributed by atoms with van der Waals surface area (Å²) < 4.78 is 10.8. The molecule has 0 radical (unpaired) electrons. The quantitative estimate of drug-likeness (QED) is 0.611. The summed E-state index contributed by atoms with van der Waals surface area (Å²) in [6.45, 7) is 7.34. The third-order valence-corrected chi connectivity index (χ3v) is 6.64. The zero-order valence-electron chi connectivity index (χ0n) is 17.5. The van der Waals surface area contributed by atoms with Crippen molar-refractivity contribution in [3.8, 4) is 11.5 Å². The standard InChI is InChI=1S/C22H28N4O2S/c1-14-15(2)29-22-20(14)21(23-16-8-9-17(27-3)18(12-16)28-4)24-19(25-22)13-26-10-6-5-7-11-26/h8-9,12H,5-7,10-11,13H2,1-4H3,(H,23,24,25).